The highest BCUT2D eigenvalue weighted by Gasteiger charge is 2.44. The van der Waals surface area contributed by atoms with Gasteiger partial charge < -0.3 is 10.0 Å². The average molecular weight is 217 g/mol. The zero-order valence-corrected chi connectivity index (χ0v) is 9.31. The number of carboxylic acids is 1. The molecule has 2 aliphatic rings. The van der Waals surface area contributed by atoms with Gasteiger partial charge in [0, 0.05) is 19.3 Å². The first-order valence-electron chi connectivity index (χ1n) is 5.73. The molecule has 0 amide bonds. The summed E-state index contributed by atoms with van der Waals surface area (Å²) in [6.45, 7) is 1.08. The molecule has 0 aromatic heterocycles. The Balaban J connectivity index is 1.86. The molecule has 0 saturated heterocycles. The first-order valence-corrected chi connectivity index (χ1v) is 5.73. The number of benzene rings is 1. The molecule has 3 heteroatoms. The fourth-order valence-electron chi connectivity index (χ4n) is 2.65. The van der Waals surface area contributed by atoms with Crippen LogP contribution in [0.3, 0.4) is 0 Å². The van der Waals surface area contributed by atoms with Gasteiger partial charge in [-0.3, -0.25) is 4.79 Å². The molecule has 0 radical (unpaired) electrons. The summed E-state index contributed by atoms with van der Waals surface area (Å²) in [7, 11) is 2.10. The van der Waals surface area contributed by atoms with E-state index in [1.165, 1.54) is 16.8 Å². The summed E-state index contributed by atoms with van der Waals surface area (Å²) in [6.07, 6.45) is 1.90. The Kier molecular flexibility index (Phi) is 1.96. The second-order valence-corrected chi connectivity index (χ2v) is 4.85. The zero-order valence-electron chi connectivity index (χ0n) is 9.31. The molecular weight excluding hydrogens is 202 g/mol. The van der Waals surface area contributed by atoms with E-state index >= 15 is 0 Å². The number of fused-ring (bicyclic) bond motifs is 1. The summed E-state index contributed by atoms with van der Waals surface area (Å²) in [5, 5.41) is 8.91. The average Bonchev–Trinajstić information content (AvgIpc) is 2.99. The lowest BCUT2D eigenvalue weighted by Crippen LogP contribution is -2.12. The fourth-order valence-corrected chi connectivity index (χ4v) is 2.65. The van der Waals surface area contributed by atoms with Crippen molar-refractivity contribution < 1.29 is 9.90 Å². The van der Waals surface area contributed by atoms with E-state index in [1.54, 1.807) is 0 Å². The van der Waals surface area contributed by atoms with Gasteiger partial charge in [-0.05, 0) is 36.0 Å². The summed E-state index contributed by atoms with van der Waals surface area (Å²) in [5.41, 5.74) is 3.88. The smallest absolute Gasteiger partial charge is 0.307 e. The normalized spacial score (nSPS) is 26.7. The predicted octanol–water partition coefficient (Wildman–Crippen LogP) is 1.87. The van der Waals surface area contributed by atoms with Crippen molar-refractivity contribution in [1.29, 1.82) is 0 Å². The van der Waals surface area contributed by atoms with E-state index in [4.69, 9.17) is 5.11 Å². The van der Waals surface area contributed by atoms with Crippen LogP contribution in [0.25, 0.3) is 0 Å². The van der Waals surface area contributed by atoms with Crippen molar-refractivity contribution in [2.24, 2.45) is 5.92 Å². The summed E-state index contributed by atoms with van der Waals surface area (Å²) in [4.78, 5) is 13.1. The highest BCUT2D eigenvalue weighted by Crippen LogP contribution is 2.48. The van der Waals surface area contributed by atoms with Gasteiger partial charge in [0.25, 0.3) is 0 Å². The van der Waals surface area contributed by atoms with Gasteiger partial charge >= 0.3 is 5.97 Å². The maximum atomic E-state index is 10.8. The number of likely N-dealkylation sites (N-methyl/N-ethyl adjacent to an activating group) is 1. The third-order valence-corrected chi connectivity index (χ3v) is 3.77. The number of carbonyl (C=O) groups is 1. The molecular formula is C13H15NO2. The molecule has 0 bridgehead atoms. The quantitative estimate of drug-likeness (QED) is 0.822. The molecule has 0 unspecified atom stereocenters. The lowest BCUT2D eigenvalue weighted by atomic mass is 10.0. The maximum Gasteiger partial charge on any atom is 0.307 e. The van der Waals surface area contributed by atoms with Crippen molar-refractivity contribution >= 4 is 11.7 Å². The summed E-state index contributed by atoms with van der Waals surface area (Å²) in [5.74, 6) is -0.534. The van der Waals surface area contributed by atoms with Crippen LogP contribution in [0.2, 0.25) is 0 Å². The van der Waals surface area contributed by atoms with Gasteiger partial charge in [0.1, 0.15) is 0 Å². The number of nitrogens with zero attached hydrogens (tertiary/aromatic N) is 1. The molecule has 16 heavy (non-hydrogen) atoms. The lowest BCUT2D eigenvalue weighted by molar-refractivity contribution is -0.138. The SMILES string of the molecule is CN1CCc2cc([C@@H]3C[C@H]3C(=O)O)ccc21. The Hall–Kier alpha value is -1.51. The standard InChI is InChI=1S/C13H15NO2/c1-14-5-4-9-6-8(2-3-12(9)14)10-7-11(10)13(15)16/h2-3,6,10-11H,4-5,7H2,1H3,(H,15,16)/t10-,11+/m0/s1. The molecule has 1 N–H and O–H groups in total. The Bertz CT molecular complexity index is 455. The number of anilines is 1. The number of aliphatic carboxylic acids is 1. The van der Waals surface area contributed by atoms with Crippen LogP contribution in [0.1, 0.15) is 23.5 Å². The Morgan fingerprint density at radius 3 is 3.00 bits per heavy atom. The number of carboxylic acid groups (broad SMARTS) is 1. The van der Waals surface area contributed by atoms with Crippen LogP contribution in [-0.2, 0) is 11.2 Å². The monoisotopic (exact) mass is 217 g/mol. The van der Waals surface area contributed by atoms with E-state index in [-0.39, 0.29) is 11.8 Å². The van der Waals surface area contributed by atoms with Crippen LogP contribution >= 0.6 is 0 Å². The van der Waals surface area contributed by atoms with Crippen LogP contribution in [0.5, 0.6) is 0 Å². The molecule has 3 nitrogen and oxygen atoms in total. The second-order valence-electron chi connectivity index (χ2n) is 4.85. The largest absolute Gasteiger partial charge is 0.481 e. The lowest BCUT2D eigenvalue weighted by Gasteiger charge is -2.12. The molecule has 84 valence electrons. The van der Waals surface area contributed by atoms with Gasteiger partial charge in [-0.25, -0.2) is 0 Å². The van der Waals surface area contributed by atoms with Crippen molar-refractivity contribution in [3.8, 4) is 0 Å². The summed E-state index contributed by atoms with van der Waals surface area (Å²) in [6, 6.07) is 6.43. The predicted molar refractivity (Wildman–Crippen MR) is 61.9 cm³/mol. The van der Waals surface area contributed by atoms with Gasteiger partial charge in [0.2, 0.25) is 0 Å². The Morgan fingerprint density at radius 2 is 2.31 bits per heavy atom. The first kappa shape index (κ1) is 9.70. The Labute approximate surface area is 94.7 Å². The number of hydrogen-bond acceptors (Lipinski definition) is 2. The van der Waals surface area contributed by atoms with E-state index in [2.05, 4.69) is 30.1 Å². The van der Waals surface area contributed by atoms with Gasteiger partial charge in [0.05, 0.1) is 5.92 Å². The van der Waals surface area contributed by atoms with E-state index in [0.29, 0.717) is 0 Å². The van der Waals surface area contributed by atoms with Gasteiger partial charge in [-0.1, -0.05) is 12.1 Å². The highest BCUT2D eigenvalue weighted by atomic mass is 16.4. The van der Waals surface area contributed by atoms with Crippen LogP contribution in [0, 0.1) is 5.92 Å². The maximum absolute atomic E-state index is 10.8. The third-order valence-electron chi connectivity index (χ3n) is 3.77. The number of hydrogen-bond donors (Lipinski definition) is 1. The molecule has 1 saturated carbocycles. The highest BCUT2D eigenvalue weighted by molar-refractivity contribution is 5.75. The van der Waals surface area contributed by atoms with E-state index in [0.717, 1.165) is 19.4 Å². The fraction of sp³-hybridized carbons (Fsp3) is 0.462. The first-order chi connectivity index (χ1) is 7.66. The van der Waals surface area contributed by atoms with Crippen molar-refractivity contribution in [2.75, 3.05) is 18.5 Å². The van der Waals surface area contributed by atoms with Crippen molar-refractivity contribution in [2.45, 2.75) is 18.8 Å². The van der Waals surface area contributed by atoms with Gasteiger partial charge in [-0.15, -0.1) is 0 Å². The van der Waals surface area contributed by atoms with E-state index in [9.17, 15) is 4.79 Å². The van der Waals surface area contributed by atoms with Crippen molar-refractivity contribution in [3.05, 3.63) is 29.3 Å². The molecule has 1 aromatic carbocycles. The van der Waals surface area contributed by atoms with Crippen LogP contribution in [0.4, 0.5) is 5.69 Å². The zero-order chi connectivity index (χ0) is 11.3. The number of rotatable bonds is 2. The minimum Gasteiger partial charge on any atom is -0.481 e. The Morgan fingerprint density at radius 1 is 1.50 bits per heavy atom. The van der Waals surface area contributed by atoms with Crippen molar-refractivity contribution in [1.82, 2.24) is 0 Å². The molecule has 1 fully saturated rings. The van der Waals surface area contributed by atoms with Crippen LogP contribution < -0.4 is 4.90 Å². The van der Waals surface area contributed by atoms with Gasteiger partial charge in [0.15, 0.2) is 0 Å². The summed E-state index contributed by atoms with van der Waals surface area (Å²) >= 11 is 0. The minimum atomic E-state index is -0.650. The topological polar surface area (TPSA) is 40.5 Å². The summed E-state index contributed by atoms with van der Waals surface area (Å²) < 4.78 is 0. The van der Waals surface area contributed by atoms with E-state index in [1.807, 2.05) is 0 Å². The molecule has 2 atom stereocenters. The minimum absolute atomic E-state index is 0.141. The van der Waals surface area contributed by atoms with Crippen LogP contribution in [0.15, 0.2) is 18.2 Å². The second kappa shape index (κ2) is 3.24. The van der Waals surface area contributed by atoms with E-state index < -0.39 is 5.97 Å². The molecule has 0 spiro atoms. The third kappa shape index (κ3) is 1.39. The molecule has 3 rings (SSSR count). The van der Waals surface area contributed by atoms with Gasteiger partial charge in [-0.2, -0.15) is 0 Å². The van der Waals surface area contributed by atoms with Crippen LogP contribution in [-0.4, -0.2) is 24.7 Å². The molecule has 1 aromatic rings. The molecule has 1 aliphatic carbocycles. The van der Waals surface area contributed by atoms with Crippen molar-refractivity contribution in [3.63, 3.8) is 0 Å². The molecule has 1 aliphatic heterocycles. The molecule has 1 heterocycles.